The van der Waals surface area contributed by atoms with Gasteiger partial charge in [0.25, 0.3) is 5.91 Å². The van der Waals surface area contributed by atoms with E-state index in [4.69, 9.17) is 0 Å². The summed E-state index contributed by atoms with van der Waals surface area (Å²) in [6.45, 7) is 5.19. The van der Waals surface area contributed by atoms with Gasteiger partial charge in [0.1, 0.15) is 12.4 Å². The summed E-state index contributed by atoms with van der Waals surface area (Å²) in [4.78, 5) is 30.6. The van der Waals surface area contributed by atoms with Crippen LogP contribution in [0, 0.1) is 12.7 Å². The topological polar surface area (TPSA) is 40.6 Å². The summed E-state index contributed by atoms with van der Waals surface area (Å²) in [5.74, 6) is -1.19. The average molecular weight is 439 g/mol. The molecular formula is C25H27FN2O2S. The third-order valence-corrected chi connectivity index (χ3v) is 6.09. The number of carbonyl (C=O) groups is 2. The maximum Gasteiger partial charge on any atom is 0.257 e. The van der Waals surface area contributed by atoms with Crippen molar-refractivity contribution in [2.24, 2.45) is 0 Å². The van der Waals surface area contributed by atoms with Crippen LogP contribution in [0.5, 0.6) is 0 Å². The zero-order chi connectivity index (χ0) is 22.2. The molecule has 3 aromatic rings. The van der Waals surface area contributed by atoms with Gasteiger partial charge in [-0.05, 0) is 48.1 Å². The third-order valence-electron chi connectivity index (χ3n) is 5.08. The summed E-state index contributed by atoms with van der Waals surface area (Å²) in [6.07, 6.45) is 0.677. The first-order valence-corrected chi connectivity index (χ1v) is 11.3. The summed E-state index contributed by atoms with van der Waals surface area (Å²) in [5, 5.41) is 2.01. The van der Waals surface area contributed by atoms with Gasteiger partial charge in [-0.15, -0.1) is 11.3 Å². The minimum atomic E-state index is -0.573. The number of carbonyl (C=O) groups excluding carboxylic acids is 2. The molecule has 6 heteroatoms. The van der Waals surface area contributed by atoms with Crippen molar-refractivity contribution in [3.63, 3.8) is 0 Å². The Labute approximate surface area is 186 Å². The second-order valence-corrected chi connectivity index (χ2v) is 8.47. The Bertz CT molecular complexity index is 1020. The van der Waals surface area contributed by atoms with Crippen LogP contribution in [0.4, 0.5) is 4.39 Å². The molecule has 0 N–H and O–H groups in total. The van der Waals surface area contributed by atoms with Crippen molar-refractivity contribution in [2.75, 3.05) is 13.1 Å². The molecule has 0 atom stereocenters. The van der Waals surface area contributed by atoms with E-state index in [1.54, 1.807) is 28.4 Å². The van der Waals surface area contributed by atoms with Crippen LogP contribution in [0.1, 0.15) is 39.7 Å². The summed E-state index contributed by atoms with van der Waals surface area (Å²) in [6, 6.07) is 17.7. The predicted octanol–water partition coefficient (Wildman–Crippen LogP) is 5.28. The van der Waals surface area contributed by atoms with Crippen molar-refractivity contribution in [2.45, 2.75) is 33.4 Å². The zero-order valence-electron chi connectivity index (χ0n) is 17.9. The molecule has 0 saturated heterocycles. The average Bonchev–Trinajstić information content (AvgIpc) is 3.18. The molecule has 2 aromatic carbocycles. The fourth-order valence-electron chi connectivity index (χ4n) is 3.37. The molecule has 1 heterocycles. The number of thiophene rings is 1. The van der Waals surface area contributed by atoms with Gasteiger partial charge in [0, 0.05) is 18.0 Å². The van der Waals surface area contributed by atoms with Crippen molar-refractivity contribution >= 4 is 23.2 Å². The van der Waals surface area contributed by atoms with E-state index in [-0.39, 0.29) is 18.0 Å². The summed E-state index contributed by atoms with van der Waals surface area (Å²) in [5.41, 5.74) is 2.16. The third kappa shape index (κ3) is 6.01. The molecule has 0 unspecified atom stereocenters. The number of hydrogen-bond acceptors (Lipinski definition) is 3. The standard InChI is InChI=1S/C25H27FN2O2S/c1-3-14-27(25(30)21-11-7-8-12-22(21)26)18-24(29)28(16-20-9-5-4-6-10-20)17-23-19(2)13-15-31-23/h4-13,15H,3,14,16-18H2,1-2H3. The fraction of sp³-hybridized carbons (Fsp3) is 0.280. The lowest BCUT2D eigenvalue weighted by atomic mass is 10.1. The summed E-state index contributed by atoms with van der Waals surface area (Å²) >= 11 is 1.62. The highest BCUT2D eigenvalue weighted by molar-refractivity contribution is 7.10. The number of aryl methyl sites for hydroxylation is 1. The normalized spacial score (nSPS) is 10.7. The lowest BCUT2D eigenvalue weighted by Crippen LogP contribution is -2.43. The molecule has 0 aliphatic heterocycles. The van der Waals surface area contributed by atoms with E-state index in [1.165, 1.54) is 17.0 Å². The zero-order valence-corrected chi connectivity index (χ0v) is 18.7. The largest absolute Gasteiger partial charge is 0.332 e. The molecule has 162 valence electrons. The van der Waals surface area contributed by atoms with Crippen LogP contribution in [0.3, 0.4) is 0 Å². The molecule has 0 fully saturated rings. The molecule has 2 amide bonds. The van der Waals surface area contributed by atoms with Gasteiger partial charge in [0.2, 0.25) is 5.91 Å². The number of rotatable bonds is 9. The van der Waals surface area contributed by atoms with E-state index in [1.807, 2.05) is 55.6 Å². The van der Waals surface area contributed by atoms with Gasteiger partial charge in [0.15, 0.2) is 0 Å². The Balaban J connectivity index is 1.81. The number of nitrogens with zero attached hydrogens (tertiary/aromatic N) is 2. The van der Waals surface area contributed by atoms with Gasteiger partial charge in [-0.3, -0.25) is 9.59 Å². The maximum atomic E-state index is 14.2. The molecule has 3 rings (SSSR count). The van der Waals surface area contributed by atoms with Crippen LogP contribution < -0.4 is 0 Å². The molecule has 4 nitrogen and oxygen atoms in total. The second kappa shape index (κ2) is 10.9. The van der Waals surface area contributed by atoms with Crippen LogP contribution in [-0.2, 0) is 17.9 Å². The molecular weight excluding hydrogens is 411 g/mol. The van der Waals surface area contributed by atoms with E-state index >= 15 is 0 Å². The second-order valence-electron chi connectivity index (χ2n) is 7.47. The highest BCUT2D eigenvalue weighted by Crippen LogP contribution is 2.20. The van der Waals surface area contributed by atoms with Gasteiger partial charge in [-0.2, -0.15) is 0 Å². The predicted molar refractivity (Wildman–Crippen MR) is 122 cm³/mol. The molecule has 0 radical (unpaired) electrons. The smallest absolute Gasteiger partial charge is 0.257 e. The Morgan fingerprint density at radius 2 is 1.65 bits per heavy atom. The molecule has 31 heavy (non-hydrogen) atoms. The van der Waals surface area contributed by atoms with Crippen LogP contribution in [-0.4, -0.2) is 34.7 Å². The highest BCUT2D eigenvalue weighted by atomic mass is 32.1. The molecule has 0 bridgehead atoms. The van der Waals surface area contributed by atoms with Gasteiger partial charge in [-0.25, -0.2) is 4.39 Å². The monoisotopic (exact) mass is 438 g/mol. The number of hydrogen-bond donors (Lipinski definition) is 0. The minimum Gasteiger partial charge on any atom is -0.332 e. The molecule has 0 spiro atoms. The van der Waals surface area contributed by atoms with Gasteiger partial charge in [0.05, 0.1) is 12.1 Å². The van der Waals surface area contributed by atoms with Crippen molar-refractivity contribution < 1.29 is 14.0 Å². The molecule has 0 aliphatic rings. The molecule has 0 aliphatic carbocycles. The highest BCUT2D eigenvalue weighted by Gasteiger charge is 2.24. The van der Waals surface area contributed by atoms with Crippen LogP contribution in [0.15, 0.2) is 66.0 Å². The summed E-state index contributed by atoms with van der Waals surface area (Å²) in [7, 11) is 0. The van der Waals surface area contributed by atoms with Crippen molar-refractivity contribution in [1.29, 1.82) is 0 Å². The number of benzene rings is 2. The van der Waals surface area contributed by atoms with Crippen molar-refractivity contribution in [3.8, 4) is 0 Å². The first-order valence-electron chi connectivity index (χ1n) is 10.4. The first kappa shape index (κ1) is 22.7. The van der Waals surface area contributed by atoms with Crippen LogP contribution >= 0.6 is 11.3 Å². The molecule has 0 saturated carbocycles. The van der Waals surface area contributed by atoms with Crippen molar-refractivity contribution in [3.05, 3.63) is 93.4 Å². The van der Waals surface area contributed by atoms with Crippen LogP contribution in [0.25, 0.3) is 0 Å². The number of halogens is 1. The van der Waals surface area contributed by atoms with Crippen molar-refractivity contribution in [1.82, 2.24) is 9.80 Å². The molecule has 1 aromatic heterocycles. The van der Waals surface area contributed by atoms with E-state index < -0.39 is 11.7 Å². The minimum absolute atomic E-state index is 0.00698. The Morgan fingerprint density at radius 1 is 0.935 bits per heavy atom. The Kier molecular flexibility index (Phi) is 7.95. The van der Waals surface area contributed by atoms with E-state index in [0.717, 1.165) is 16.0 Å². The lowest BCUT2D eigenvalue weighted by molar-refractivity contribution is -0.133. The Morgan fingerprint density at radius 3 is 2.29 bits per heavy atom. The maximum absolute atomic E-state index is 14.2. The van der Waals surface area contributed by atoms with Gasteiger partial charge in [-0.1, -0.05) is 49.4 Å². The van der Waals surface area contributed by atoms with E-state index in [0.29, 0.717) is 26.1 Å². The van der Waals surface area contributed by atoms with Crippen LogP contribution in [0.2, 0.25) is 0 Å². The summed E-state index contributed by atoms with van der Waals surface area (Å²) < 4.78 is 14.2. The fourth-order valence-corrected chi connectivity index (χ4v) is 4.29. The SMILES string of the molecule is CCCN(CC(=O)N(Cc1ccccc1)Cc1sccc1C)C(=O)c1ccccc1F. The first-order chi connectivity index (χ1) is 15.0. The van der Waals surface area contributed by atoms with Gasteiger partial charge < -0.3 is 9.80 Å². The quantitative estimate of drug-likeness (QED) is 0.456. The van der Waals surface area contributed by atoms with E-state index in [9.17, 15) is 14.0 Å². The lowest BCUT2D eigenvalue weighted by Gasteiger charge is -2.28. The van der Waals surface area contributed by atoms with Gasteiger partial charge >= 0.3 is 0 Å². The van der Waals surface area contributed by atoms with E-state index in [2.05, 4.69) is 0 Å². The Hall–Kier alpha value is -2.99. The number of amides is 2.